The summed E-state index contributed by atoms with van der Waals surface area (Å²) in [5, 5.41) is 0. The van der Waals surface area contributed by atoms with Gasteiger partial charge in [-0.05, 0) is 38.0 Å². The Morgan fingerprint density at radius 3 is 2.47 bits per heavy atom. The number of rotatable bonds is 2. The zero-order valence-electron chi connectivity index (χ0n) is 10.8. The van der Waals surface area contributed by atoms with E-state index in [0.29, 0.717) is 5.89 Å². The number of oxazole rings is 1. The van der Waals surface area contributed by atoms with Gasteiger partial charge in [0.1, 0.15) is 5.76 Å². The second-order valence-corrected chi connectivity index (χ2v) is 4.40. The highest BCUT2D eigenvalue weighted by Crippen LogP contribution is 2.28. The topological polar surface area (TPSA) is 52.0 Å². The zero-order chi connectivity index (χ0) is 12.6. The largest absolute Gasteiger partial charge is 0.441 e. The lowest BCUT2D eigenvalue weighted by Crippen LogP contribution is -1.93. The zero-order valence-corrected chi connectivity index (χ0v) is 10.8. The molecule has 1 aromatic carbocycles. The summed E-state index contributed by atoms with van der Waals surface area (Å²) in [4.78, 5) is 4.46. The maximum Gasteiger partial charge on any atom is 0.226 e. The Morgan fingerprint density at radius 2 is 1.88 bits per heavy atom. The molecule has 3 heteroatoms. The second-order valence-electron chi connectivity index (χ2n) is 4.40. The van der Waals surface area contributed by atoms with E-state index in [4.69, 9.17) is 10.2 Å². The molecule has 0 aliphatic rings. The SMILES string of the molecule is CCc1oc(-c2cc(N)c(C)cc2C)nc1C. The number of hydrogen-bond acceptors (Lipinski definition) is 3. The van der Waals surface area contributed by atoms with Crippen molar-refractivity contribution in [1.82, 2.24) is 4.98 Å². The fourth-order valence-electron chi connectivity index (χ4n) is 1.97. The van der Waals surface area contributed by atoms with Crippen molar-refractivity contribution in [2.45, 2.75) is 34.1 Å². The van der Waals surface area contributed by atoms with E-state index in [1.165, 1.54) is 0 Å². The lowest BCUT2D eigenvalue weighted by molar-refractivity contribution is 0.522. The van der Waals surface area contributed by atoms with Crippen molar-refractivity contribution in [2.75, 3.05) is 5.73 Å². The van der Waals surface area contributed by atoms with Crippen molar-refractivity contribution in [3.8, 4) is 11.5 Å². The molecule has 0 saturated carbocycles. The van der Waals surface area contributed by atoms with Crippen molar-refractivity contribution in [3.63, 3.8) is 0 Å². The molecule has 2 rings (SSSR count). The molecule has 0 atom stereocenters. The third-order valence-electron chi connectivity index (χ3n) is 3.06. The normalized spacial score (nSPS) is 10.8. The summed E-state index contributed by atoms with van der Waals surface area (Å²) in [6.45, 7) is 8.09. The third kappa shape index (κ3) is 2.05. The van der Waals surface area contributed by atoms with Gasteiger partial charge < -0.3 is 10.2 Å². The van der Waals surface area contributed by atoms with Gasteiger partial charge in [-0.1, -0.05) is 13.0 Å². The van der Waals surface area contributed by atoms with Crippen molar-refractivity contribution in [3.05, 3.63) is 34.7 Å². The van der Waals surface area contributed by atoms with E-state index in [-0.39, 0.29) is 0 Å². The Kier molecular flexibility index (Phi) is 2.92. The number of nitrogens with two attached hydrogens (primary N) is 1. The highest BCUT2D eigenvalue weighted by molar-refractivity contribution is 5.67. The van der Waals surface area contributed by atoms with Crippen LogP contribution in [0, 0.1) is 20.8 Å². The van der Waals surface area contributed by atoms with Gasteiger partial charge in [0.25, 0.3) is 0 Å². The molecular weight excluding hydrogens is 212 g/mol. The molecule has 0 aliphatic carbocycles. The van der Waals surface area contributed by atoms with Gasteiger partial charge in [-0.15, -0.1) is 0 Å². The van der Waals surface area contributed by atoms with E-state index in [0.717, 1.165) is 40.3 Å². The predicted molar refractivity (Wildman–Crippen MR) is 69.9 cm³/mol. The Balaban J connectivity index is 2.56. The summed E-state index contributed by atoms with van der Waals surface area (Å²) in [7, 11) is 0. The number of nitrogen functional groups attached to an aromatic ring is 1. The fourth-order valence-corrected chi connectivity index (χ4v) is 1.97. The summed E-state index contributed by atoms with van der Waals surface area (Å²) in [5.74, 6) is 1.61. The minimum atomic E-state index is 0.670. The Hall–Kier alpha value is -1.77. The number of aromatic nitrogens is 1. The van der Waals surface area contributed by atoms with Gasteiger partial charge in [0.2, 0.25) is 5.89 Å². The summed E-state index contributed by atoms with van der Waals surface area (Å²) in [5.41, 5.74) is 10.9. The smallest absolute Gasteiger partial charge is 0.226 e. The van der Waals surface area contributed by atoms with Crippen molar-refractivity contribution in [2.24, 2.45) is 0 Å². The van der Waals surface area contributed by atoms with Crippen LogP contribution in [0.25, 0.3) is 11.5 Å². The first-order valence-electron chi connectivity index (χ1n) is 5.86. The van der Waals surface area contributed by atoms with Crippen LogP contribution in [0.2, 0.25) is 0 Å². The van der Waals surface area contributed by atoms with Crippen molar-refractivity contribution < 1.29 is 4.42 Å². The molecule has 90 valence electrons. The van der Waals surface area contributed by atoms with E-state index in [1.54, 1.807) is 0 Å². The van der Waals surface area contributed by atoms with Crippen molar-refractivity contribution >= 4 is 5.69 Å². The standard InChI is InChI=1S/C14H18N2O/c1-5-13-10(4)16-14(17-13)11-7-12(15)9(3)6-8(11)2/h6-7H,5,15H2,1-4H3. The number of anilines is 1. The number of aryl methyl sites for hydroxylation is 4. The molecule has 0 amide bonds. The van der Waals surface area contributed by atoms with Crippen LogP contribution in [0.3, 0.4) is 0 Å². The fraction of sp³-hybridized carbons (Fsp3) is 0.357. The van der Waals surface area contributed by atoms with Crippen LogP contribution in [0.15, 0.2) is 16.5 Å². The molecule has 3 nitrogen and oxygen atoms in total. The van der Waals surface area contributed by atoms with Gasteiger partial charge in [-0.25, -0.2) is 4.98 Å². The van der Waals surface area contributed by atoms with E-state index < -0.39 is 0 Å². The number of benzene rings is 1. The molecule has 0 aliphatic heterocycles. The van der Waals surface area contributed by atoms with E-state index in [2.05, 4.69) is 18.0 Å². The maximum absolute atomic E-state index is 5.93. The molecule has 0 fully saturated rings. The van der Waals surface area contributed by atoms with Crippen LogP contribution >= 0.6 is 0 Å². The highest BCUT2D eigenvalue weighted by Gasteiger charge is 2.13. The van der Waals surface area contributed by atoms with Gasteiger partial charge in [-0.3, -0.25) is 0 Å². The predicted octanol–water partition coefficient (Wildman–Crippen LogP) is 3.41. The molecule has 17 heavy (non-hydrogen) atoms. The number of hydrogen-bond donors (Lipinski definition) is 1. The molecule has 0 unspecified atom stereocenters. The molecular formula is C14H18N2O. The monoisotopic (exact) mass is 230 g/mol. The molecule has 2 N–H and O–H groups in total. The molecule has 1 heterocycles. The molecule has 0 bridgehead atoms. The van der Waals surface area contributed by atoms with Crippen LogP contribution in [0.4, 0.5) is 5.69 Å². The van der Waals surface area contributed by atoms with Crippen LogP contribution in [0.5, 0.6) is 0 Å². The van der Waals surface area contributed by atoms with Gasteiger partial charge in [-0.2, -0.15) is 0 Å². The van der Waals surface area contributed by atoms with Crippen molar-refractivity contribution in [1.29, 1.82) is 0 Å². The van der Waals surface area contributed by atoms with Gasteiger partial charge in [0.15, 0.2) is 0 Å². The quantitative estimate of drug-likeness (QED) is 0.804. The second kappa shape index (κ2) is 4.24. The Labute approximate surface area is 102 Å². The summed E-state index contributed by atoms with van der Waals surface area (Å²) >= 11 is 0. The average Bonchev–Trinajstić information content (AvgIpc) is 2.65. The first kappa shape index (κ1) is 11.7. The van der Waals surface area contributed by atoms with Gasteiger partial charge in [0, 0.05) is 17.7 Å². The summed E-state index contributed by atoms with van der Waals surface area (Å²) < 4.78 is 5.76. The average molecular weight is 230 g/mol. The van der Waals surface area contributed by atoms with E-state index in [9.17, 15) is 0 Å². The van der Waals surface area contributed by atoms with Crippen LogP contribution in [0.1, 0.15) is 29.5 Å². The maximum atomic E-state index is 5.93. The van der Waals surface area contributed by atoms with Gasteiger partial charge >= 0.3 is 0 Å². The first-order valence-corrected chi connectivity index (χ1v) is 5.86. The summed E-state index contributed by atoms with van der Waals surface area (Å²) in [6.07, 6.45) is 0.860. The lowest BCUT2D eigenvalue weighted by Gasteiger charge is -2.06. The Morgan fingerprint density at radius 1 is 1.18 bits per heavy atom. The third-order valence-corrected chi connectivity index (χ3v) is 3.06. The van der Waals surface area contributed by atoms with Gasteiger partial charge in [0.05, 0.1) is 5.69 Å². The number of nitrogens with zero attached hydrogens (tertiary/aromatic N) is 1. The Bertz CT molecular complexity index is 556. The first-order chi connectivity index (χ1) is 8.02. The van der Waals surface area contributed by atoms with E-state index >= 15 is 0 Å². The van der Waals surface area contributed by atoms with Crippen LogP contribution in [-0.4, -0.2) is 4.98 Å². The molecule has 0 spiro atoms. The molecule has 2 aromatic rings. The molecule has 1 aromatic heterocycles. The van der Waals surface area contributed by atoms with Crippen LogP contribution < -0.4 is 5.73 Å². The highest BCUT2D eigenvalue weighted by atomic mass is 16.4. The lowest BCUT2D eigenvalue weighted by atomic mass is 10.0. The minimum Gasteiger partial charge on any atom is -0.441 e. The van der Waals surface area contributed by atoms with E-state index in [1.807, 2.05) is 26.8 Å². The summed E-state index contributed by atoms with van der Waals surface area (Å²) in [6, 6.07) is 4.01. The minimum absolute atomic E-state index is 0.670. The molecule has 0 radical (unpaired) electrons. The van der Waals surface area contributed by atoms with Crippen LogP contribution in [-0.2, 0) is 6.42 Å². The molecule has 0 saturated heterocycles.